The van der Waals surface area contributed by atoms with Crippen molar-refractivity contribution in [2.24, 2.45) is 0 Å². The third kappa shape index (κ3) is 2.64. The minimum atomic E-state index is 0.881. The molecule has 1 aromatic carbocycles. The molecule has 0 aliphatic rings. The number of unbranched alkanes of at least 4 members (excludes halogenated alkanes) is 1. The number of benzene rings is 1. The van der Waals surface area contributed by atoms with Crippen LogP contribution in [0.25, 0.3) is 0 Å². The zero-order chi connectivity index (χ0) is 10.6. The zero-order valence-electron chi connectivity index (χ0n) is 9.35. The molecule has 0 saturated heterocycles. The Morgan fingerprint density at radius 1 is 1.21 bits per heavy atom. The Hall–Kier alpha value is -1.22. The summed E-state index contributed by atoms with van der Waals surface area (Å²) in [7, 11) is 0. The van der Waals surface area contributed by atoms with Crippen LogP contribution in [0.1, 0.15) is 35.1 Å². The minimum Gasteiger partial charge on any atom is -0.120 e. The van der Waals surface area contributed by atoms with E-state index >= 15 is 0 Å². The molecule has 0 N–H and O–H groups in total. The molecule has 1 aromatic rings. The van der Waals surface area contributed by atoms with Crippen molar-refractivity contribution in [1.29, 1.82) is 0 Å². The predicted molar refractivity (Wildman–Crippen MR) is 62.4 cm³/mol. The zero-order valence-corrected chi connectivity index (χ0v) is 9.35. The number of rotatable bonds is 3. The Morgan fingerprint density at radius 2 is 1.93 bits per heavy atom. The molecule has 0 atom stereocenters. The van der Waals surface area contributed by atoms with E-state index in [1.54, 1.807) is 0 Å². The van der Waals surface area contributed by atoms with Gasteiger partial charge in [-0.05, 0) is 50.3 Å². The molecule has 0 saturated carbocycles. The molecule has 0 heterocycles. The summed E-state index contributed by atoms with van der Waals surface area (Å²) in [6.45, 7) is 6.52. The van der Waals surface area contributed by atoms with Crippen LogP contribution in [0.3, 0.4) is 0 Å². The van der Waals surface area contributed by atoms with E-state index in [9.17, 15) is 0 Å². The van der Waals surface area contributed by atoms with Crippen LogP contribution in [-0.2, 0) is 6.42 Å². The normalized spacial score (nSPS) is 9.86. The highest BCUT2D eigenvalue weighted by Crippen LogP contribution is 2.17. The Labute approximate surface area is 87.4 Å². The van der Waals surface area contributed by atoms with Crippen molar-refractivity contribution in [2.45, 2.75) is 40.0 Å². The second kappa shape index (κ2) is 4.86. The lowest BCUT2D eigenvalue weighted by molar-refractivity contribution is 0.849. The van der Waals surface area contributed by atoms with Crippen molar-refractivity contribution in [3.63, 3.8) is 0 Å². The van der Waals surface area contributed by atoms with E-state index in [1.807, 2.05) is 0 Å². The molecular weight excluding hydrogens is 168 g/mol. The van der Waals surface area contributed by atoms with Crippen LogP contribution in [0.5, 0.6) is 0 Å². The molecular formula is C14H18. The van der Waals surface area contributed by atoms with Gasteiger partial charge in [-0.3, -0.25) is 0 Å². The Bertz CT molecular complexity index is 353. The highest BCUT2D eigenvalue weighted by molar-refractivity contribution is 5.37. The molecule has 0 aromatic heterocycles. The average molecular weight is 186 g/mol. The SMILES string of the molecule is C#CCCCc1cc(C)cc(C)c1C. The van der Waals surface area contributed by atoms with Gasteiger partial charge in [0.25, 0.3) is 0 Å². The second-order valence-corrected chi connectivity index (χ2v) is 3.92. The van der Waals surface area contributed by atoms with Gasteiger partial charge >= 0.3 is 0 Å². The van der Waals surface area contributed by atoms with Crippen molar-refractivity contribution in [1.82, 2.24) is 0 Å². The van der Waals surface area contributed by atoms with Crippen LogP contribution in [0, 0.1) is 33.1 Å². The summed E-state index contributed by atoms with van der Waals surface area (Å²) >= 11 is 0. The maximum atomic E-state index is 5.24. The lowest BCUT2D eigenvalue weighted by atomic mass is 9.96. The summed E-state index contributed by atoms with van der Waals surface area (Å²) in [5.41, 5.74) is 5.62. The molecule has 74 valence electrons. The highest BCUT2D eigenvalue weighted by atomic mass is 14.1. The first kappa shape index (κ1) is 10.9. The van der Waals surface area contributed by atoms with Gasteiger partial charge in [-0.25, -0.2) is 0 Å². The van der Waals surface area contributed by atoms with Gasteiger partial charge in [-0.2, -0.15) is 0 Å². The van der Waals surface area contributed by atoms with Crippen molar-refractivity contribution in [3.05, 3.63) is 34.4 Å². The molecule has 0 radical (unpaired) electrons. The van der Waals surface area contributed by atoms with Crippen LogP contribution in [-0.4, -0.2) is 0 Å². The first-order chi connectivity index (χ1) is 6.65. The van der Waals surface area contributed by atoms with Crippen LogP contribution in [0.2, 0.25) is 0 Å². The van der Waals surface area contributed by atoms with Crippen molar-refractivity contribution in [3.8, 4) is 12.3 Å². The van der Waals surface area contributed by atoms with Crippen LogP contribution >= 0.6 is 0 Å². The third-order valence-corrected chi connectivity index (χ3v) is 2.69. The quantitative estimate of drug-likeness (QED) is 0.500. The fraction of sp³-hybridized carbons (Fsp3) is 0.429. The van der Waals surface area contributed by atoms with E-state index in [0.717, 1.165) is 19.3 Å². The Kier molecular flexibility index (Phi) is 3.77. The Morgan fingerprint density at radius 3 is 2.57 bits per heavy atom. The summed E-state index contributed by atoms with van der Waals surface area (Å²) in [6, 6.07) is 4.51. The molecule has 14 heavy (non-hydrogen) atoms. The smallest absolute Gasteiger partial charge is 0.00892 e. The van der Waals surface area contributed by atoms with Crippen LogP contribution in [0.15, 0.2) is 12.1 Å². The van der Waals surface area contributed by atoms with Gasteiger partial charge in [0.2, 0.25) is 0 Å². The summed E-state index contributed by atoms with van der Waals surface area (Å²) in [6.07, 6.45) is 8.33. The van der Waals surface area contributed by atoms with E-state index in [-0.39, 0.29) is 0 Å². The van der Waals surface area contributed by atoms with Gasteiger partial charge in [0, 0.05) is 6.42 Å². The topological polar surface area (TPSA) is 0 Å². The Balaban J connectivity index is 2.81. The molecule has 0 aliphatic heterocycles. The van der Waals surface area contributed by atoms with Crippen LogP contribution < -0.4 is 0 Å². The first-order valence-corrected chi connectivity index (χ1v) is 5.15. The minimum absolute atomic E-state index is 0.881. The summed E-state index contributed by atoms with van der Waals surface area (Å²) < 4.78 is 0. The van der Waals surface area contributed by atoms with Gasteiger partial charge in [0.15, 0.2) is 0 Å². The monoisotopic (exact) mass is 186 g/mol. The molecule has 0 aliphatic carbocycles. The number of hydrogen-bond acceptors (Lipinski definition) is 0. The van der Waals surface area contributed by atoms with E-state index in [4.69, 9.17) is 6.42 Å². The molecule has 0 amide bonds. The molecule has 1 rings (SSSR count). The van der Waals surface area contributed by atoms with E-state index in [0.29, 0.717) is 0 Å². The number of aryl methyl sites for hydroxylation is 3. The fourth-order valence-corrected chi connectivity index (χ4v) is 1.77. The lowest BCUT2D eigenvalue weighted by Crippen LogP contribution is -1.94. The largest absolute Gasteiger partial charge is 0.120 e. The lowest BCUT2D eigenvalue weighted by Gasteiger charge is -2.09. The van der Waals surface area contributed by atoms with Crippen LogP contribution in [0.4, 0.5) is 0 Å². The van der Waals surface area contributed by atoms with Crippen molar-refractivity contribution in [2.75, 3.05) is 0 Å². The van der Waals surface area contributed by atoms with Gasteiger partial charge in [-0.1, -0.05) is 17.7 Å². The van der Waals surface area contributed by atoms with Crippen molar-refractivity contribution >= 4 is 0 Å². The first-order valence-electron chi connectivity index (χ1n) is 5.15. The highest BCUT2D eigenvalue weighted by Gasteiger charge is 2.01. The van der Waals surface area contributed by atoms with Crippen molar-refractivity contribution < 1.29 is 0 Å². The molecule has 0 unspecified atom stereocenters. The molecule has 0 heteroatoms. The van der Waals surface area contributed by atoms with E-state index in [1.165, 1.54) is 22.3 Å². The summed E-state index contributed by atoms with van der Waals surface area (Å²) in [5.74, 6) is 2.69. The van der Waals surface area contributed by atoms with E-state index < -0.39 is 0 Å². The number of terminal acetylenes is 1. The molecule has 0 spiro atoms. The van der Waals surface area contributed by atoms with Gasteiger partial charge in [-0.15, -0.1) is 12.3 Å². The maximum absolute atomic E-state index is 5.24. The summed E-state index contributed by atoms with van der Waals surface area (Å²) in [4.78, 5) is 0. The second-order valence-electron chi connectivity index (χ2n) is 3.92. The van der Waals surface area contributed by atoms with Gasteiger partial charge in [0.1, 0.15) is 0 Å². The molecule has 0 nitrogen and oxygen atoms in total. The molecule has 0 bridgehead atoms. The standard InChI is InChI=1S/C14H18/c1-5-6-7-8-14-10-11(2)9-12(3)13(14)4/h1,9-10H,6-8H2,2-4H3. The number of hydrogen-bond donors (Lipinski definition) is 0. The third-order valence-electron chi connectivity index (χ3n) is 2.69. The summed E-state index contributed by atoms with van der Waals surface area (Å²) in [5, 5.41) is 0. The van der Waals surface area contributed by atoms with Gasteiger partial charge < -0.3 is 0 Å². The predicted octanol–water partition coefficient (Wildman–Crippen LogP) is 3.57. The van der Waals surface area contributed by atoms with Gasteiger partial charge in [0.05, 0.1) is 0 Å². The molecule has 0 fully saturated rings. The van der Waals surface area contributed by atoms with E-state index in [2.05, 4.69) is 38.8 Å². The maximum Gasteiger partial charge on any atom is 0.00892 e. The average Bonchev–Trinajstić information content (AvgIpc) is 2.13. The fourth-order valence-electron chi connectivity index (χ4n) is 1.77.